The summed E-state index contributed by atoms with van der Waals surface area (Å²) < 4.78 is 2.11. The van der Waals surface area contributed by atoms with Crippen LogP contribution in [0.5, 0.6) is 5.75 Å². The second-order valence-electron chi connectivity index (χ2n) is 5.90. The van der Waals surface area contributed by atoms with Gasteiger partial charge in [0.25, 0.3) is 0 Å². The van der Waals surface area contributed by atoms with Crippen molar-refractivity contribution in [3.05, 3.63) is 27.7 Å². The molecule has 0 radical (unpaired) electrons. The van der Waals surface area contributed by atoms with Gasteiger partial charge in [-0.25, -0.2) is 0 Å². The van der Waals surface area contributed by atoms with Crippen LogP contribution in [0, 0.1) is 6.92 Å². The van der Waals surface area contributed by atoms with E-state index in [2.05, 4.69) is 23.3 Å². The molecule has 1 heterocycles. The third-order valence-electron chi connectivity index (χ3n) is 3.90. The zero-order chi connectivity index (χ0) is 15.8. The van der Waals surface area contributed by atoms with E-state index < -0.39 is 0 Å². The molecule has 4 nitrogen and oxygen atoms in total. The monoisotopic (exact) mass is 294 g/mol. The molecular formula is C17H30N2O2. The second-order valence-corrected chi connectivity index (χ2v) is 5.90. The van der Waals surface area contributed by atoms with Crippen LogP contribution in [0.15, 0.2) is 10.9 Å². The fraction of sp³-hybridized carbons (Fsp3) is 0.706. The maximum absolute atomic E-state index is 11.9. The average Bonchev–Trinajstić information content (AvgIpc) is 2.45. The number of aromatic hydroxyl groups is 1. The molecule has 1 aromatic rings. The fourth-order valence-corrected chi connectivity index (χ4v) is 2.57. The van der Waals surface area contributed by atoms with E-state index in [0.717, 1.165) is 56.6 Å². The highest BCUT2D eigenvalue weighted by Crippen LogP contribution is 2.17. The van der Waals surface area contributed by atoms with Crippen LogP contribution in [-0.2, 0) is 13.1 Å². The zero-order valence-electron chi connectivity index (χ0n) is 14.0. The van der Waals surface area contributed by atoms with Crippen LogP contribution in [0.3, 0.4) is 0 Å². The van der Waals surface area contributed by atoms with Gasteiger partial charge in [-0.15, -0.1) is 0 Å². The van der Waals surface area contributed by atoms with Crippen LogP contribution >= 0.6 is 0 Å². The summed E-state index contributed by atoms with van der Waals surface area (Å²) in [7, 11) is 2.04. The Hall–Kier alpha value is -1.29. The van der Waals surface area contributed by atoms with Crippen molar-refractivity contribution in [1.29, 1.82) is 0 Å². The summed E-state index contributed by atoms with van der Waals surface area (Å²) in [6, 6.07) is 1.54. The summed E-state index contributed by atoms with van der Waals surface area (Å²) in [6.45, 7) is 8.75. The Labute approximate surface area is 128 Å². The van der Waals surface area contributed by atoms with E-state index in [9.17, 15) is 9.90 Å². The average molecular weight is 294 g/mol. The van der Waals surface area contributed by atoms with Gasteiger partial charge in [-0.2, -0.15) is 0 Å². The minimum absolute atomic E-state index is 0.0829. The van der Waals surface area contributed by atoms with E-state index in [1.54, 1.807) is 0 Å². The van der Waals surface area contributed by atoms with E-state index in [4.69, 9.17) is 0 Å². The third-order valence-corrected chi connectivity index (χ3v) is 3.90. The van der Waals surface area contributed by atoms with Gasteiger partial charge in [-0.1, -0.05) is 33.1 Å². The van der Waals surface area contributed by atoms with Crippen molar-refractivity contribution in [2.24, 2.45) is 0 Å². The highest BCUT2D eigenvalue weighted by atomic mass is 16.3. The van der Waals surface area contributed by atoms with Crippen molar-refractivity contribution in [2.45, 2.75) is 66.0 Å². The molecule has 0 amide bonds. The Kier molecular flexibility index (Phi) is 7.51. The number of nitrogens with zero attached hydrogens (tertiary/aromatic N) is 2. The summed E-state index contributed by atoms with van der Waals surface area (Å²) in [5.41, 5.74) is 1.43. The van der Waals surface area contributed by atoms with Crippen LogP contribution in [-0.4, -0.2) is 28.2 Å². The summed E-state index contributed by atoms with van der Waals surface area (Å²) >= 11 is 0. The Morgan fingerprint density at radius 3 is 2.48 bits per heavy atom. The lowest BCUT2D eigenvalue weighted by Gasteiger charge is -2.22. The van der Waals surface area contributed by atoms with Crippen molar-refractivity contribution < 1.29 is 5.11 Å². The molecule has 0 saturated carbocycles. The number of hydrogen-bond acceptors (Lipinski definition) is 3. The molecule has 1 aromatic heterocycles. The molecule has 0 aliphatic heterocycles. The highest BCUT2D eigenvalue weighted by Gasteiger charge is 2.14. The minimum Gasteiger partial charge on any atom is -0.503 e. The SMILES string of the molecule is CCCCCn1c(C)cc(=O)c(O)c1CN(C)CCCC. The summed E-state index contributed by atoms with van der Waals surface area (Å²) in [6.07, 6.45) is 5.68. The topological polar surface area (TPSA) is 45.5 Å². The van der Waals surface area contributed by atoms with E-state index in [-0.39, 0.29) is 11.2 Å². The van der Waals surface area contributed by atoms with Gasteiger partial charge in [-0.05, 0) is 33.4 Å². The first-order chi connectivity index (χ1) is 10.0. The molecule has 0 bridgehead atoms. The first-order valence-electron chi connectivity index (χ1n) is 8.12. The molecule has 0 aliphatic carbocycles. The third kappa shape index (κ3) is 5.20. The van der Waals surface area contributed by atoms with Crippen LogP contribution in [0.25, 0.3) is 0 Å². The van der Waals surface area contributed by atoms with Crippen molar-refractivity contribution >= 4 is 0 Å². The predicted octanol–water partition coefficient (Wildman–Crippen LogP) is 3.28. The first-order valence-corrected chi connectivity index (χ1v) is 8.12. The molecule has 0 unspecified atom stereocenters. The Morgan fingerprint density at radius 2 is 1.86 bits per heavy atom. The van der Waals surface area contributed by atoms with Crippen molar-refractivity contribution in [3.8, 4) is 5.75 Å². The van der Waals surface area contributed by atoms with Crippen LogP contribution in [0.1, 0.15) is 57.3 Å². The zero-order valence-corrected chi connectivity index (χ0v) is 14.0. The van der Waals surface area contributed by atoms with Gasteiger partial charge in [0.2, 0.25) is 5.43 Å². The number of rotatable bonds is 9. The normalized spacial score (nSPS) is 11.3. The van der Waals surface area contributed by atoms with Crippen LogP contribution in [0.2, 0.25) is 0 Å². The predicted molar refractivity (Wildman–Crippen MR) is 87.9 cm³/mol. The molecule has 21 heavy (non-hydrogen) atoms. The Bertz CT molecular complexity index is 494. The molecule has 4 heteroatoms. The molecule has 0 atom stereocenters. The fourth-order valence-electron chi connectivity index (χ4n) is 2.57. The molecule has 120 valence electrons. The molecule has 1 rings (SSSR count). The highest BCUT2D eigenvalue weighted by molar-refractivity contribution is 5.29. The van der Waals surface area contributed by atoms with Gasteiger partial charge in [-0.3, -0.25) is 4.79 Å². The van der Waals surface area contributed by atoms with Gasteiger partial charge in [0, 0.05) is 24.8 Å². The maximum atomic E-state index is 11.9. The molecule has 1 N–H and O–H groups in total. The quantitative estimate of drug-likeness (QED) is 0.711. The standard InChI is InChI=1S/C17H30N2O2/c1-5-7-9-11-19-14(3)12-16(20)17(21)15(19)13-18(4)10-8-6-2/h12,21H,5-11,13H2,1-4H3. The van der Waals surface area contributed by atoms with Gasteiger partial charge >= 0.3 is 0 Å². The number of hydrogen-bond donors (Lipinski definition) is 1. The second kappa shape index (κ2) is 8.88. The summed E-state index contributed by atoms with van der Waals surface area (Å²) in [4.78, 5) is 14.0. The number of aromatic nitrogens is 1. The van der Waals surface area contributed by atoms with Crippen LogP contribution in [0.4, 0.5) is 0 Å². The molecule has 0 fully saturated rings. The summed E-state index contributed by atoms with van der Waals surface area (Å²) in [5, 5.41) is 10.2. The molecule has 0 aliphatic rings. The van der Waals surface area contributed by atoms with Gasteiger partial charge < -0.3 is 14.6 Å². The number of aryl methyl sites for hydroxylation is 1. The van der Waals surface area contributed by atoms with E-state index in [1.807, 2.05) is 14.0 Å². The molecule has 0 aromatic carbocycles. The van der Waals surface area contributed by atoms with Gasteiger partial charge in [0.1, 0.15) is 0 Å². The van der Waals surface area contributed by atoms with Gasteiger partial charge in [0.05, 0.1) is 5.69 Å². The number of pyridine rings is 1. The lowest BCUT2D eigenvalue weighted by Crippen LogP contribution is -2.25. The minimum atomic E-state index is -0.266. The number of unbranched alkanes of at least 4 members (excludes halogenated alkanes) is 3. The van der Waals surface area contributed by atoms with E-state index in [0.29, 0.717) is 6.54 Å². The van der Waals surface area contributed by atoms with E-state index in [1.165, 1.54) is 6.07 Å². The molecule has 0 spiro atoms. The van der Waals surface area contributed by atoms with Crippen molar-refractivity contribution in [2.75, 3.05) is 13.6 Å². The van der Waals surface area contributed by atoms with E-state index >= 15 is 0 Å². The molecular weight excluding hydrogens is 264 g/mol. The van der Waals surface area contributed by atoms with Crippen molar-refractivity contribution in [3.63, 3.8) is 0 Å². The van der Waals surface area contributed by atoms with Gasteiger partial charge in [0.15, 0.2) is 5.75 Å². The lowest BCUT2D eigenvalue weighted by molar-refractivity contribution is 0.300. The van der Waals surface area contributed by atoms with Crippen molar-refractivity contribution in [1.82, 2.24) is 9.47 Å². The first kappa shape index (κ1) is 17.8. The Morgan fingerprint density at radius 1 is 1.19 bits per heavy atom. The summed E-state index contributed by atoms with van der Waals surface area (Å²) in [5.74, 6) is -0.0829. The smallest absolute Gasteiger partial charge is 0.223 e. The lowest BCUT2D eigenvalue weighted by atomic mass is 10.2. The van der Waals surface area contributed by atoms with Crippen LogP contribution < -0.4 is 5.43 Å². The largest absolute Gasteiger partial charge is 0.503 e. The molecule has 0 saturated heterocycles. The maximum Gasteiger partial charge on any atom is 0.223 e. The Balaban J connectivity index is 2.99.